The standard InChI is InChI=1S/C12H22N2O4/c1-9(2)13(6-7-18-3)12(17)14(8-11(15)16)10-4-5-10/h9-10H,4-8H2,1-3H3,(H,15,16). The lowest BCUT2D eigenvalue weighted by Gasteiger charge is -2.32. The van der Waals surface area contributed by atoms with E-state index in [1.165, 1.54) is 4.90 Å². The molecule has 104 valence electrons. The van der Waals surface area contributed by atoms with Gasteiger partial charge in [0.1, 0.15) is 6.54 Å². The molecule has 1 saturated carbocycles. The predicted octanol–water partition coefficient (Wildman–Crippen LogP) is 1.01. The van der Waals surface area contributed by atoms with Gasteiger partial charge in [-0.15, -0.1) is 0 Å². The lowest BCUT2D eigenvalue weighted by atomic mass is 10.3. The Kier molecular flexibility index (Phi) is 5.40. The number of carbonyl (C=O) groups excluding carboxylic acids is 1. The fourth-order valence-electron chi connectivity index (χ4n) is 1.81. The van der Waals surface area contributed by atoms with Gasteiger partial charge in [0.2, 0.25) is 0 Å². The van der Waals surface area contributed by atoms with Crippen LogP contribution in [0.4, 0.5) is 4.79 Å². The molecular formula is C12H22N2O4. The Bertz CT molecular complexity index is 302. The van der Waals surface area contributed by atoms with Crippen LogP contribution in [0, 0.1) is 0 Å². The number of nitrogens with zero attached hydrogens (tertiary/aromatic N) is 2. The lowest BCUT2D eigenvalue weighted by molar-refractivity contribution is -0.137. The number of aliphatic carboxylic acids is 1. The van der Waals surface area contributed by atoms with E-state index in [0.29, 0.717) is 13.2 Å². The molecule has 0 heterocycles. The van der Waals surface area contributed by atoms with Crippen LogP contribution in [-0.2, 0) is 9.53 Å². The molecule has 6 nitrogen and oxygen atoms in total. The van der Waals surface area contributed by atoms with E-state index >= 15 is 0 Å². The largest absolute Gasteiger partial charge is 0.480 e. The van der Waals surface area contributed by atoms with Crippen molar-refractivity contribution >= 4 is 12.0 Å². The molecule has 0 saturated heterocycles. The van der Waals surface area contributed by atoms with Crippen LogP contribution in [0.5, 0.6) is 0 Å². The van der Waals surface area contributed by atoms with Crippen molar-refractivity contribution in [2.24, 2.45) is 0 Å². The number of hydrogen-bond donors (Lipinski definition) is 1. The van der Waals surface area contributed by atoms with Gasteiger partial charge in [-0.2, -0.15) is 0 Å². The van der Waals surface area contributed by atoms with Gasteiger partial charge in [0.05, 0.1) is 6.61 Å². The zero-order valence-corrected chi connectivity index (χ0v) is 11.3. The monoisotopic (exact) mass is 258 g/mol. The summed E-state index contributed by atoms with van der Waals surface area (Å²) >= 11 is 0. The average Bonchev–Trinajstić information content (AvgIpc) is 3.09. The molecule has 0 atom stereocenters. The molecular weight excluding hydrogens is 236 g/mol. The van der Waals surface area contributed by atoms with E-state index in [2.05, 4.69) is 0 Å². The molecule has 1 aliphatic rings. The van der Waals surface area contributed by atoms with Gasteiger partial charge >= 0.3 is 12.0 Å². The normalized spacial score (nSPS) is 14.7. The summed E-state index contributed by atoms with van der Waals surface area (Å²) in [6, 6.07) is -0.0768. The summed E-state index contributed by atoms with van der Waals surface area (Å²) < 4.78 is 4.98. The number of urea groups is 1. The van der Waals surface area contributed by atoms with Gasteiger partial charge in [0, 0.05) is 25.7 Å². The zero-order valence-electron chi connectivity index (χ0n) is 11.3. The van der Waals surface area contributed by atoms with E-state index in [1.54, 1.807) is 12.0 Å². The first kappa shape index (κ1) is 14.8. The van der Waals surface area contributed by atoms with Crippen LogP contribution in [0.1, 0.15) is 26.7 Å². The van der Waals surface area contributed by atoms with Crippen LogP contribution in [0.25, 0.3) is 0 Å². The Hall–Kier alpha value is -1.30. The van der Waals surface area contributed by atoms with Gasteiger partial charge in [-0.05, 0) is 26.7 Å². The van der Waals surface area contributed by atoms with E-state index < -0.39 is 5.97 Å². The minimum Gasteiger partial charge on any atom is -0.480 e. The maximum absolute atomic E-state index is 12.3. The zero-order chi connectivity index (χ0) is 13.7. The maximum Gasteiger partial charge on any atom is 0.323 e. The average molecular weight is 258 g/mol. The van der Waals surface area contributed by atoms with Crippen molar-refractivity contribution in [2.75, 3.05) is 26.8 Å². The molecule has 0 aromatic rings. The SMILES string of the molecule is COCCN(C(=O)N(CC(=O)O)C1CC1)C(C)C. The van der Waals surface area contributed by atoms with Crippen LogP contribution in [0.3, 0.4) is 0 Å². The molecule has 1 rings (SSSR count). The second kappa shape index (κ2) is 6.58. The molecule has 1 fully saturated rings. The molecule has 0 aliphatic heterocycles. The Morgan fingerprint density at radius 1 is 1.39 bits per heavy atom. The van der Waals surface area contributed by atoms with Gasteiger partial charge in [-0.25, -0.2) is 4.79 Å². The number of hydrogen-bond acceptors (Lipinski definition) is 3. The quantitative estimate of drug-likeness (QED) is 0.740. The van der Waals surface area contributed by atoms with Crippen molar-refractivity contribution in [2.45, 2.75) is 38.8 Å². The molecule has 2 amide bonds. The van der Waals surface area contributed by atoms with Gasteiger partial charge in [0.15, 0.2) is 0 Å². The van der Waals surface area contributed by atoms with Crippen molar-refractivity contribution in [1.82, 2.24) is 9.80 Å². The van der Waals surface area contributed by atoms with Crippen molar-refractivity contribution in [3.05, 3.63) is 0 Å². The first-order valence-electron chi connectivity index (χ1n) is 6.25. The molecule has 0 aromatic carbocycles. The summed E-state index contributed by atoms with van der Waals surface area (Å²) in [6.07, 6.45) is 1.80. The Labute approximate surface area is 107 Å². The van der Waals surface area contributed by atoms with E-state index in [0.717, 1.165) is 12.8 Å². The van der Waals surface area contributed by atoms with E-state index in [-0.39, 0.29) is 24.7 Å². The van der Waals surface area contributed by atoms with Gasteiger partial charge in [0.25, 0.3) is 0 Å². The fraction of sp³-hybridized carbons (Fsp3) is 0.833. The number of rotatable bonds is 7. The lowest BCUT2D eigenvalue weighted by Crippen LogP contribution is -2.50. The van der Waals surface area contributed by atoms with Gasteiger partial charge < -0.3 is 19.6 Å². The van der Waals surface area contributed by atoms with E-state index in [4.69, 9.17) is 9.84 Å². The summed E-state index contributed by atoms with van der Waals surface area (Å²) in [5.74, 6) is -0.967. The fourth-order valence-corrected chi connectivity index (χ4v) is 1.81. The highest BCUT2D eigenvalue weighted by Gasteiger charge is 2.36. The van der Waals surface area contributed by atoms with Crippen LogP contribution >= 0.6 is 0 Å². The molecule has 18 heavy (non-hydrogen) atoms. The summed E-state index contributed by atoms with van der Waals surface area (Å²) in [7, 11) is 1.58. The van der Waals surface area contributed by atoms with E-state index in [1.807, 2.05) is 13.8 Å². The number of carbonyl (C=O) groups is 2. The third kappa shape index (κ3) is 4.18. The third-order valence-electron chi connectivity index (χ3n) is 2.94. The Morgan fingerprint density at radius 2 is 2.00 bits per heavy atom. The minimum atomic E-state index is -0.967. The van der Waals surface area contributed by atoms with Crippen molar-refractivity contribution in [1.29, 1.82) is 0 Å². The van der Waals surface area contributed by atoms with Crippen LogP contribution in [0.2, 0.25) is 0 Å². The molecule has 1 aliphatic carbocycles. The van der Waals surface area contributed by atoms with E-state index in [9.17, 15) is 9.59 Å². The molecule has 0 spiro atoms. The molecule has 0 bridgehead atoms. The molecule has 0 unspecified atom stereocenters. The third-order valence-corrected chi connectivity index (χ3v) is 2.94. The van der Waals surface area contributed by atoms with Crippen LogP contribution in [0.15, 0.2) is 0 Å². The summed E-state index contributed by atoms with van der Waals surface area (Å²) in [6.45, 7) is 4.55. The highest BCUT2D eigenvalue weighted by molar-refractivity contribution is 5.81. The smallest absolute Gasteiger partial charge is 0.323 e. The number of methoxy groups -OCH3 is 1. The summed E-state index contributed by atoms with van der Waals surface area (Å²) in [5.41, 5.74) is 0. The Balaban J connectivity index is 2.68. The number of carboxylic acids is 1. The highest BCUT2D eigenvalue weighted by atomic mass is 16.5. The number of amides is 2. The Morgan fingerprint density at radius 3 is 2.39 bits per heavy atom. The predicted molar refractivity (Wildman–Crippen MR) is 66.5 cm³/mol. The van der Waals surface area contributed by atoms with Crippen LogP contribution < -0.4 is 0 Å². The molecule has 6 heteroatoms. The molecule has 1 N–H and O–H groups in total. The van der Waals surface area contributed by atoms with Crippen molar-refractivity contribution in [3.8, 4) is 0 Å². The molecule has 0 radical (unpaired) electrons. The van der Waals surface area contributed by atoms with Gasteiger partial charge in [-0.3, -0.25) is 4.79 Å². The second-order valence-corrected chi connectivity index (χ2v) is 4.82. The topological polar surface area (TPSA) is 70.1 Å². The highest BCUT2D eigenvalue weighted by Crippen LogP contribution is 2.27. The van der Waals surface area contributed by atoms with Crippen molar-refractivity contribution < 1.29 is 19.4 Å². The number of ether oxygens (including phenoxy) is 1. The number of carboxylic acid groups (broad SMARTS) is 1. The maximum atomic E-state index is 12.3. The first-order chi connectivity index (χ1) is 8.47. The summed E-state index contributed by atoms with van der Waals surface area (Å²) in [4.78, 5) is 26.3. The van der Waals surface area contributed by atoms with Gasteiger partial charge in [-0.1, -0.05) is 0 Å². The second-order valence-electron chi connectivity index (χ2n) is 4.82. The first-order valence-corrected chi connectivity index (χ1v) is 6.25. The molecule has 0 aromatic heterocycles. The minimum absolute atomic E-state index is 0.0303. The summed E-state index contributed by atoms with van der Waals surface area (Å²) in [5, 5.41) is 8.87. The van der Waals surface area contributed by atoms with Crippen molar-refractivity contribution in [3.63, 3.8) is 0 Å². The van der Waals surface area contributed by atoms with Crippen LogP contribution in [-0.4, -0.2) is 65.8 Å².